The minimum absolute atomic E-state index is 0.131. The van der Waals surface area contributed by atoms with Crippen LogP contribution in [0, 0.1) is 12.8 Å². The number of aryl methyl sites for hydroxylation is 1. The molecule has 0 aliphatic rings. The lowest BCUT2D eigenvalue weighted by atomic mass is 9.97. The molecule has 1 atom stereocenters. The summed E-state index contributed by atoms with van der Waals surface area (Å²) in [5.74, 6) is 0.209. The molecule has 22 heavy (non-hydrogen) atoms. The Morgan fingerprint density at radius 2 is 1.55 bits per heavy atom. The second kappa shape index (κ2) is 7.07. The van der Waals surface area contributed by atoms with Gasteiger partial charge < -0.3 is 0 Å². The fraction of sp³-hybridized carbons (Fsp3) is 0.333. The van der Waals surface area contributed by atoms with Crippen LogP contribution in [0.5, 0.6) is 0 Å². The zero-order chi connectivity index (χ0) is 16.2. The van der Waals surface area contributed by atoms with Crippen LogP contribution in [0.4, 0.5) is 0 Å². The van der Waals surface area contributed by atoms with Gasteiger partial charge in [0, 0.05) is 6.04 Å². The Morgan fingerprint density at radius 1 is 0.955 bits per heavy atom. The summed E-state index contributed by atoms with van der Waals surface area (Å²) >= 11 is 0. The molecule has 0 saturated carbocycles. The standard InChI is InChI=1S/C18H23NO2S/c1-14(2)18(13-16-7-5-4-6-8-16)19-22(20,21)17-11-9-15(3)10-12-17/h4-12,14,18-19H,13H2,1-3H3. The van der Waals surface area contributed by atoms with Crippen molar-refractivity contribution in [3.05, 3.63) is 65.7 Å². The van der Waals surface area contributed by atoms with Crippen LogP contribution in [0.2, 0.25) is 0 Å². The van der Waals surface area contributed by atoms with Crippen molar-refractivity contribution in [3.63, 3.8) is 0 Å². The summed E-state index contributed by atoms with van der Waals surface area (Å²) in [4.78, 5) is 0.316. The molecule has 0 bridgehead atoms. The zero-order valence-corrected chi connectivity index (χ0v) is 14.1. The van der Waals surface area contributed by atoms with Gasteiger partial charge in [-0.3, -0.25) is 0 Å². The SMILES string of the molecule is Cc1ccc(S(=O)(=O)NC(Cc2ccccc2)C(C)C)cc1. The molecule has 0 radical (unpaired) electrons. The smallest absolute Gasteiger partial charge is 0.207 e. The van der Waals surface area contributed by atoms with E-state index in [2.05, 4.69) is 4.72 Å². The van der Waals surface area contributed by atoms with Gasteiger partial charge in [0.25, 0.3) is 0 Å². The highest BCUT2D eigenvalue weighted by molar-refractivity contribution is 7.89. The minimum Gasteiger partial charge on any atom is -0.207 e. The van der Waals surface area contributed by atoms with Crippen molar-refractivity contribution in [2.24, 2.45) is 5.92 Å². The van der Waals surface area contributed by atoms with Crippen molar-refractivity contribution in [1.29, 1.82) is 0 Å². The third-order valence-corrected chi connectivity index (χ3v) is 5.25. The summed E-state index contributed by atoms with van der Waals surface area (Å²) < 4.78 is 27.9. The lowest BCUT2D eigenvalue weighted by Gasteiger charge is -2.22. The van der Waals surface area contributed by atoms with Crippen LogP contribution in [0.3, 0.4) is 0 Å². The Bertz CT molecular complexity index is 692. The van der Waals surface area contributed by atoms with Gasteiger partial charge >= 0.3 is 0 Å². The van der Waals surface area contributed by atoms with Crippen LogP contribution in [0.25, 0.3) is 0 Å². The van der Waals surface area contributed by atoms with Crippen LogP contribution < -0.4 is 4.72 Å². The van der Waals surface area contributed by atoms with Crippen LogP contribution in [0.15, 0.2) is 59.5 Å². The maximum Gasteiger partial charge on any atom is 0.240 e. The van der Waals surface area contributed by atoms with E-state index < -0.39 is 10.0 Å². The molecule has 4 heteroatoms. The first-order valence-electron chi connectivity index (χ1n) is 7.51. The third kappa shape index (κ3) is 4.42. The first-order chi connectivity index (χ1) is 10.4. The fourth-order valence-corrected chi connectivity index (χ4v) is 3.65. The van der Waals surface area contributed by atoms with Crippen molar-refractivity contribution in [2.75, 3.05) is 0 Å². The molecule has 0 aliphatic heterocycles. The number of rotatable bonds is 6. The highest BCUT2D eigenvalue weighted by Gasteiger charge is 2.22. The van der Waals surface area contributed by atoms with Gasteiger partial charge in [-0.15, -0.1) is 0 Å². The molecule has 0 amide bonds. The lowest BCUT2D eigenvalue weighted by molar-refractivity contribution is 0.445. The van der Waals surface area contributed by atoms with E-state index in [4.69, 9.17) is 0 Å². The Kier molecular flexibility index (Phi) is 5.37. The van der Waals surface area contributed by atoms with E-state index in [1.54, 1.807) is 12.1 Å². The highest BCUT2D eigenvalue weighted by atomic mass is 32.2. The maximum atomic E-state index is 12.5. The number of sulfonamides is 1. The van der Waals surface area contributed by atoms with Crippen LogP contribution >= 0.6 is 0 Å². The summed E-state index contributed by atoms with van der Waals surface area (Å²) in [6, 6.07) is 16.8. The first kappa shape index (κ1) is 16.7. The van der Waals surface area contributed by atoms with Gasteiger partial charge in [0.05, 0.1) is 4.90 Å². The Balaban J connectivity index is 2.18. The van der Waals surface area contributed by atoms with E-state index >= 15 is 0 Å². The molecule has 2 rings (SSSR count). The second-order valence-corrected chi connectivity index (χ2v) is 7.69. The van der Waals surface area contributed by atoms with E-state index in [-0.39, 0.29) is 12.0 Å². The summed E-state index contributed by atoms with van der Waals surface area (Å²) in [6.07, 6.45) is 0.684. The maximum absolute atomic E-state index is 12.5. The molecule has 0 fully saturated rings. The van der Waals surface area contributed by atoms with Gasteiger partial charge in [0.15, 0.2) is 0 Å². The molecule has 0 saturated heterocycles. The zero-order valence-electron chi connectivity index (χ0n) is 13.3. The van der Waals surface area contributed by atoms with E-state index in [0.717, 1.165) is 11.1 Å². The molecule has 0 aliphatic carbocycles. The molecular formula is C18H23NO2S. The number of nitrogens with one attached hydrogen (secondary N) is 1. The lowest BCUT2D eigenvalue weighted by Crippen LogP contribution is -2.40. The molecule has 0 spiro atoms. The van der Waals surface area contributed by atoms with E-state index in [1.807, 2.05) is 63.2 Å². The molecule has 1 N–H and O–H groups in total. The van der Waals surface area contributed by atoms with Crippen LogP contribution in [0.1, 0.15) is 25.0 Å². The van der Waals surface area contributed by atoms with Crippen molar-refractivity contribution >= 4 is 10.0 Å². The fourth-order valence-electron chi connectivity index (χ4n) is 2.27. The predicted octanol–water partition coefficient (Wildman–Crippen LogP) is 3.54. The monoisotopic (exact) mass is 317 g/mol. The van der Waals surface area contributed by atoms with Gasteiger partial charge in [0.2, 0.25) is 10.0 Å². The molecule has 3 nitrogen and oxygen atoms in total. The summed E-state index contributed by atoms with van der Waals surface area (Å²) in [5, 5.41) is 0. The Morgan fingerprint density at radius 3 is 2.09 bits per heavy atom. The molecule has 0 aromatic heterocycles. The Hall–Kier alpha value is -1.65. The summed E-state index contributed by atoms with van der Waals surface area (Å²) in [7, 11) is -3.49. The molecule has 1 unspecified atom stereocenters. The first-order valence-corrected chi connectivity index (χ1v) is 9.00. The minimum atomic E-state index is -3.49. The van der Waals surface area contributed by atoms with E-state index in [1.165, 1.54) is 0 Å². The summed E-state index contributed by atoms with van der Waals surface area (Å²) in [5.41, 5.74) is 2.18. The van der Waals surface area contributed by atoms with Crippen molar-refractivity contribution in [3.8, 4) is 0 Å². The third-order valence-electron chi connectivity index (χ3n) is 3.74. The van der Waals surface area contributed by atoms with Gasteiger partial charge in [0.1, 0.15) is 0 Å². The average Bonchev–Trinajstić information content (AvgIpc) is 2.48. The average molecular weight is 317 g/mol. The molecular weight excluding hydrogens is 294 g/mol. The quantitative estimate of drug-likeness (QED) is 0.886. The van der Waals surface area contributed by atoms with Gasteiger partial charge in [-0.05, 0) is 37.0 Å². The number of hydrogen-bond acceptors (Lipinski definition) is 2. The molecule has 0 heterocycles. The molecule has 2 aromatic rings. The number of hydrogen-bond donors (Lipinski definition) is 1. The Labute approximate surface area is 133 Å². The number of benzene rings is 2. The van der Waals surface area contributed by atoms with Crippen LogP contribution in [-0.4, -0.2) is 14.5 Å². The van der Waals surface area contributed by atoms with E-state index in [0.29, 0.717) is 11.3 Å². The highest BCUT2D eigenvalue weighted by Crippen LogP contribution is 2.15. The predicted molar refractivity (Wildman–Crippen MR) is 90.3 cm³/mol. The van der Waals surface area contributed by atoms with Gasteiger partial charge in [-0.25, -0.2) is 13.1 Å². The van der Waals surface area contributed by atoms with Gasteiger partial charge in [-0.2, -0.15) is 0 Å². The molecule has 118 valence electrons. The van der Waals surface area contributed by atoms with Crippen molar-refractivity contribution < 1.29 is 8.42 Å². The van der Waals surface area contributed by atoms with Gasteiger partial charge in [-0.1, -0.05) is 61.9 Å². The van der Waals surface area contributed by atoms with Crippen molar-refractivity contribution in [1.82, 2.24) is 4.72 Å². The topological polar surface area (TPSA) is 46.2 Å². The van der Waals surface area contributed by atoms with Crippen molar-refractivity contribution in [2.45, 2.75) is 38.1 Å². The summed E-state index contributed by atoms with van der Waals surface area (Å²) in [6.45, 7) is 6.01. The molecule has 2 aromatic carbocycles. The normalized spacial score (nSPS) is 13.3. The second-order valence-electron chi connectivity index (χ2n) is 5.97. The van der Waals surface area contributed by atoms with E-state index in [9.17, 15) is 8.42 Å². The van der Waals surface area contributed by atoms with Crippen LogP contribution in [-0.2, 0) is 16.4 Å². The largest absolute Gasteiger partial charge is 0.240 e.